The number of aryl methyl sites for hydroxylation is 3. The summed E-state index contributed by atoms with van der Waals surface area (Å²) in [6, 6.07) is 12.8. The Bertz CT molecular complexity index is 1410. The number of hydrogen-bond donors (Lipinski definition) is 1. The van der Waals surface area contributed by atoms with Crippen molar-refractivity contribution in [3.8, 4) is 5.75 Å². The van der Waals surface area contributed by atoms with Crippen LogP contribution in [-0.4, -0.2) is 25.9 Å². The van der Waals surface area contributed by atoms with Crippen LogP contribution in [0, 0.1) is 0 Å². The molecule has 0 spiro atoms. The van der Waals surface area contributed by atoms with Gasteiger partial charge >= 0.3 is 6.18 Å². The van der Waals surface area contributed by atoms with Crippen LogP contribution in [0.25, 0.3) is 12.2 Å². The molecule has 2 aromatic heterocycles. The van der Waals surface area contributed by atoms with E-state index in [4.69, 9.17) is 14.9 Å². The third kappa shape index (κ3) is 9.93. The molecular weight excluding hydrogens is 535 g/mol. The molecule has 4 aromatic rings. The Hall–Kier alpha value is -4.41. The number of hydrogen-bond acceptors (Lipinski definition) is 6. The molecule has 2 N–H and O–H groups in total. The monoisotopic (exact) mass is 567 g/mol. The van der Waals surface area contributed by atoms with Gasteiger partial charge in [0.2, 0.25) is 11.8 Å². The van der Waals surface area contributed by atoms with Gasteiger partial charge in [-0.1, -0.05) is 29.5 Å². The third-order valence-electron chi connectivity index (χ3n) is 6.33. The molecule has 1 amide bonds. The summed E-state index contributed by atoms with van der Waals surface area (Å²) in [5, 5.41) is 8.37. The summed E-state index contributed by atoms with van der Waals surface area (Å²) >= 11 is 0. The van der Waals surface area contributed by atoms with E-state index < -0.39 is 11.7 Å². The molecule has 11 heteroatoms. The molecule has 0 aliphatic heterocycles. The van der Waals surface area contributed by atoms with Gasteiger partial charge in [-0.3, -0.25) is 9.48 Å². The van der Waals surface area contributed by atoms with E-state index in [-0.39, 0.29) is 12.5 Å². The molecule has 0 unspecified atom stereocenters. The minimum Gasteiger partial charge on any atom is -0.487 e. The number of aromatic nitrogens is 4. The fourth-order valence-electron chi connectivity index (χ4n) is 4.10. The lowest BCUT2D eigenvalue weighted by molar-refractivity contribution is -0.137. The van der Waals surface area contributed by atoms with E-state index in [1.165, 1.54) is 24.0 Å². The van der Waals surface area contributed by atoms with Crippen molar-refractivity contribution in [3.05, 3.63) is 95.0 Å². The number of alkyl halides is 3. The van der Waals surface area contributed by atoms with Gasteiger partial charge in [-0.15, -0.1) is 5.10 Å². The van der Waals surface area contributed by atoms with Gasteiger partial charge in [0, 0.05) is 25.2 Å². The Morgan fingerprint density at radius 3 is 2.44 bits per heavy atom. The molecule has 0 bridgehead atoms. The van der Waals surface area contributed by atoms with Crippen LogP contribution in [-0.2, 0) is 37.0 Å². The number of amides is 1. The summed E-state index contributed by atoms with van der Waals surface area (Å²) in [4.78, 5) is 15.1. The Kier molecular flexibility index (Phi) is 10.3. The summed E-state index contributed by atoms with van der Waals surface area (Å²) in [7, 11) is 0. The van der Waals surface area contributed by atoms with E-state index in [1.807, 2.05) is 35.1 Å². The number of rotatable bonds is 15. The zero-order valence-electron chi connectivity index (χ0n) is 22.5. The molecular formula is C30H32F3N5O3. The van der Waals surface area contributed by atoms with Gasteiger partial charge in [-0.25, -0.2) is 4.98 Å². The zero-order chi connectivity index (χ0) is 29.1. The maximum Gasteiger partial charge on any atom is 0.416 e. The zero-order valence-corrected chi connectivity index (χ0v) is 22.5. The van der Waals surface area contributed by atoms with Crippen molar-refractivity contribution in [1.29, 1.82) is 0 Å². The second-order valence-corrected chi connectivity index (χ2v) is 9.67. The second-order valence-electron chi connectivity index (χ2n) is 9.67. The number of carbonyl (C=O) groups excluding carboxylic acids is 1. The molecule has 0 atom stereocenters. The van der Waals surface area contributed by atoms with Gasteiger partial charge < -0.3 is 14.9 Å². The fraction of sp³-hybridized carbons (Fsp3) is 0.333. The summed E-state index contributed by atoms with van der Waals surface area (Å²) in [5.74, 6) is 0.774. The molecule has 0 saturated carbocycles. The molecule has 2 aromatic carbocycles. The van der Waals surface area contributed by atoms with E-state index in [9.17, 15) is 18.0 Å². The summed E-state index contributed by atoms with van der Waals surface area (Å²) in [6.07, 6.45) is 8.08. The van der Waals surface area contributed by atoms with Crippen LogP contribution in [0.15, 0.2) is 65.4 Å². The molecule has 41 heavy (non-hydrogen) atoms. The van der Waals surface area contributed by atoms with Crippen molar-refractivity contribution in [1.82, 2.24) is 20.0 Å². The predicted molar refractivity (Wildman–Crippen MR) is 147 cm³/mol. The molecule has 2 heterocycles. The molecule has 0 radical (unpaired) electrons. The highest BCUT2D eigenvalue weighted by Gasteiger charge is 2.29. The van der Waals surface area contributed by atoms with Gasteiger partial charge in [-0.05, 0) is 80.0 Å². The van der Waals surface area contributed by atoms with Crippen molar-refractivity contribution in [2.45, 2.75) is 64.3 Å². The first-order valence-electron chi connectivity index (χ1n) is 13.4. The summed E-state index contributed by atoms with van der Waals surface area (Å²) < 4.78 is 51.1. The van der Waals surface area contributed by atoms with Crippen LogP contribution in [0.3, 0.4) is 0 Å². The van der Waals surface area contributed by atoms with E-state index in [0.717, 1.165) is 62.9 Å². The van der Waals surface area contributed by atoms with E-state index in [2.05, 4.69) is 15.3 Å². The van der Waals surface area contributed by atoms with Crippen LogP contribution in [0.1, 0.15) is 66.1 Å². The van der Waals surface area contributed by atoms with Crippen LogP contribution in [0.2, 0.25) is 0 Å². The lowest BCUT2D eigenvalue weighted by atomic mass is 10.1. The first-order chi connectivity index (χ1) is 19.7. The SMILES string of the molecule is NC(=O)CCCCc1cn(CCCCc2ccc(OCc3coc(/C=C/c4ccc(C(F)(F)F)cc4)n3)cc2)nn1. The quantitative estimate of drug-likeness (QED) is 0.170. The second kappa shape index (κ2) is 14.3. The van der Waals surface area contributed by atoms with Crippen LogP contribution < -0.4 is 10.5 Å². The molecule has 216 valence electrons. The lowest BCUT2D eigenvalue weighted by Crippen LogP contribution is -2.09. The van der Waals surface area contributed by atoms with Crippen LogP contribution in [0.4, 0.5) is 13.2 Å². The van der Waals surface area contributed by atoms with Crippen molar-refractivity contribution < 1.29 is 27.1 Å². The van der Waals surface area contributed by atoms with Gasteiger partial charge in [0.15, 0.2) is 0 Å². The first kappa shape index (κ1) is 29.6. The van der Waals surface area contributed by atoms with Gasteiger partial charge in [-0.2, -0.15) is 13.2 Å². The van der Waals surface area contributed by atoms with Crippen LogP contribution in [0.5, 0.6) is 5.75 Å². The molecule has 0 aliphatic carbocycles. The highest BCUT2D eigenvalue weighted by Crippen LogP contribution is 2.29. The molecule has 8 nitrogen and oxygen atoms in total. The number of unbranched alkanes of at least 4 members (excludes halogenated alkanes) is 2. The number of primary amides is 1. The van der Waals surface area contributed by atoms with Crippen molar-refractivity contribution in [3.63, 3.8) is 0 Å². The summed E-state index contributed by atoms with van der Waals surface area (Å²) in [5.41, 5.74) is 7.81. The lowest BCUT2D eigenvalue weighted by Gasteiger charge is -2.06. The third-order valence-corrected chi connectivity index (χ3v) is 6.33. The average molecular weight is 568 g/mol. The molecule has 4 rings (SSSR count). The van der Waals surface area contributed by atoms with E-state index in [0.29, 0.717) is 29.3 Å². The Morgan fingerprint density at radius 2 is 1.71 bits per heavy atom. The fourth-order valence-corrected chi connectivity index (χ4v) is 4.10. The van der Waals surface area contributed by atoms with Gasteiger partial charge in [0.25, 0.3) is 0 Å². The van der Waals surface area contributed by atoms with E-state index >= 15 is 0 Å². The van der Waals surface area contributed by atoms with Gasteiger partial charge in [0.1, 0.15) is 24.3 Å². The number of halogens is 3. The maximum absolute atomic E-state index is 12.7. The Balaban J connectivity index is 1.14. The average Bonchev–Trinajstić information content (AvgIpc) is 3.61. The molecule has 0 fully saturated rings. The topological polar surface area (TPSA) is 109 Å². The highest BCUT2D eigenvalue weighted by molar-refractivity contribution is 5.73. The minimum absolute atomic E-state index is 0.224. The Labute approximate surface area is 236 Å². The minimum atomic E-state index is -4.36. The van der Waals surface area contributed by atoms with Crippen LogP contribution >= 0.6 is 0 Å². The largest absolute Gasteiger partial charge is 0.487 e. The number of nitrogens with two attached hydrogens (primary N) is 1. The Morgan fingerprint density at radius 1 is 0.951 bits per heavy atom. The normalized spacial score (nSPS) is 11.8. The smallest absolute Gasteiger partial charge is 0.416 e. The summed E-state index contributed by atoms with van der Waals surface area (Å²) in [6.45, 7) is 1.02. The van der Waals surface area contributed by atoms with Crippen molar-refractivity contribution >= 4 is 18.1 Å². The molecule has 0 saturated heterocycles. The van der Waals surface area contributed by atoms with Crippen molar-refractivity contribution in [2.24, 2.45) is 5.73 Å². The number of ether oxygens (including phenoxy) is 1. The first-order valence-corrected chi connectivity index (χ1v) is 13.4. The number of benzene rings is 2. The maximum atomic E-state index is 12.7. The number of oxazole rings is 1. The number of nitrogens with zero attached hydrogens (tertiary/aromatic N) is 4. The standard InChI is InChI=1S/C30H32F3N5O3/c31-30(32,33)24-13-8-23(9-14-24)12-17-29-35-26(21-41-29)20-40-27-15-10-22(11-16-27)5-3-4-18-38-19-25(36-37-38)6-1-2-7-28(34)39/h8-17,19,21H,1-7,18,20H2,(H2,34,39)/b17-12+. The van der Waals surface area contributed by atoms with Crippen molar-refractivity contribution in [2.75, 3.05) is 0 Å². The molecule has 0 aliphatic rings. The predicted octanol–water partition coefficient (Wildman–Crippen LogP) is 6.26. The van der Waals surface area contributed by atoms with E-state index in [1.54, 1.807) is 12.2 Å². The van der Waals surface area contributed by atoms with Gasteiger partial charge in [0.05, 0.1) is 11.3 Å². The number of carbonyl (C=O) groups is 1. The highest BCUT2D eigenvalue weighted by atomic mass is 19.4.